The Morgan fingerprint density at radius 3 is 2.72 bits per heavy atom. The highest BCUT2D eigenvalue weighted by molar-refractivity contribution is 5.78. The number of anilines is 1. The minimum atomic E-state index is -0.419. The summed E-state index contributed by atoms with van der Waals surface area (Å²) in [5.41, 5.74) is 0.729. The van der Waals surface area contributed by atoms with Gasteiger partial charge in [0.2, 0.25) is 5.88 Å². The molecule has 0 bridgehead atoms. The van der Waals surface area contributed by atoms with Crippen LogP contribution in [0.1, 0.15) is 6.92 Å². The molecule has 6 heteroatoms. The van der Waals surface area contributed by atoms with Crippen molar-refractivity contribution in [1.29, 1.82) is 0 Å². The van der Waals surface area contributed by atoms with Crippen LogP contribution in [0.4, 0.5) is 5.69 Å². The second kappa shape index (κ2) is 7.50. The van der Waals surface area contributed by atoms with Crippen molar-refractivity contribution in [3.05, 3.63) is 18.3 Å². The fraction of sp³-hybridized carbons (Fsp3) is 0.500. The summed E-state index contributed by atoms with van der Waals surface area (Å²) in [6.07, 6.45) is 1.60. The Kier molecular flexibility index (Phi) is 5.93. The van der Waals surface area contributed by atoms with E-state index in [0.29, 0.717) is 19.1 Å². The van der Waals surface area contributed by atoms with Gasteiger partial charge < -0.3 is 19.5 Å². The molecule has 0 radical (unpaired) electrons. The monoisotopic (exact) mass is 254 g/mol. The minimum absolute atomic E-state index is 0.324. The fourth-order valence-electron chi connectivity index (χ4n) is 1.27. The molecule has 0 saturated heterocycles. The zero-order valence-corrected chi connectivity index (χ0v) is 10.8. The highest BCUT2D eigenvalue weighted by Gasteiger charge is 2.12. The van der Waals surface area contributed by atoms with Crippen molar-refractivity contribution in [2.45, 2.75) is 13.0 Å². The van der Waals surface area contributed by atoms with Crippen molar-refractivity contribution in [1.82, 2.24) is 4.98 Å². The lowest BCUT2D eigenvalue weighted by Gasteiger charge is -2.12. The number of esters is 1. The number of nitrogens with one attached hydrogen (secondary N) is 1. The van der Waals surface area contributed by atoms with Gasteiger partial charge >= 0.3 is 5.97 Å². The summed E-state index contributed by atoms with van der Waals surface area (Å²) in [4.78, 5) is 15.3. The second-order valence-electron chi connectivity index (χ2n) is 3.62. The zero-order valence-electron chi connectivity index (χ0n) is 10.8. The molecule has 1 N–H and O–H groups in total. The molecule has 0 aromatic carbocycles. The molecule has 0 aliphatic carbocycles. The van der Waals surface area contributed by atoms with Gasteiger partial charge in [0.05, 0.1) is 25.6 Å². The summed E-state index contributed by atoms with van der Waals surface area (Å²) < 4.78 is 14.8. The second-order valence-corrected chi connectivity index (χ2v) is 3.62. The lowest BCUT2D eigenvalue weighted by atomic mass is 10.3. The van der Waals surface area contributed by atoms with E-state index in [9.17, 15) is 4.79 Å². The first-order valence-corrected chi connectivity index (χ1v) is 5.59. The molecular weight excluding hydrogens is 236 g/mol. The van der Waals surface area contributed by atoms with Crippen molar-refractivity contribution in [3.63, 3.8) is 0 Å². The molecule has 18 heavy (non-hydrogen) atoms. The normalized spacial score (nSPS) is 11.7. The molecule has 6 nitrogen and oxygen atoms in total. The molecule has 100 valence electrons. The molecule has 1 aromatic heterocycles. The fourth-order valence-corrected chi connectivity index (χ4v) is 1.27. The molecule has 0 amide bonds. The van der Waals surface area contributed by atoms with Crippen LogP contribution >= 0.6 is 0 Å². The van der Waals surface area contributed by atoms with Gasteiger partial charge in [0.1, 0.15) is 12.6 Å². The lowest BCUT2D eigenvalue weighted by molar-refractivity contribution is -0.141. The Labute approximate surface area is 106 Å². The molecule has 1 rings (SSSR count). The lowest BCUT2D eigenvalue weighted by Crippen LogP contribution is -2.27. The standard InChI is InChI=1S/C12H18N2O4/c1-9(12(15)17-3)14-10-4-5-11(13-8-10)18-7-6-16-2/h4-5,8-9,14H,6-7H2,1-3H3. The van der Waals surface area contributed by atoms with Crippen molar-refractivity contribution in [3.8, 4) is 5.88 Å². The number of hydrogen-bond acceptors (Lipinski definition) is 6. The quantitative estimate of drug-likeness (QED) is 0.580. The first kappa shape index (κ1) is 14.2. The van der Waals surface area contributed by atoms with Gasteiger partial charge in [-0.1, -0.05) is 0 Å². The van der Waals surface area contributed by atoms with Crippen LogP contribution in [0, 0.1) is 0 Å². The Morgan fingerprint density at radius 1 is 1.39 bits per heavy atom. The third-order valence-electron chi connectivity index (χ3n) is 2.21. The van der Waals surface area contributed by atoms with E-state index in [-0.39, 0.29) is 5.97 Å². The third-order valence-corrected chi connectivity index (χ3v) is 2.21. The summed E-state index contributed by atoms with van der Waals surface area (Å²) in [5.74, 6) is 0.193. The Bertz CT molecular complexity index is 367. The van der Waals surface area contributed by atoms with E-state index in [1.54, 1.807) is 32.4 Å². The average Bonchev–Trinajstić information content (AvgIpc) is 2.40. The Balaban J connectivity index is 2.47. The maximum absolute atomic E-state index is 11.2. The van der Waals surface area contributed by atoms with E-state index in [2.05, 4.69) is 15.0 Å². The van der Waals surface area contributed by atoms with Gasteiger partial charge in [-0.3, -0.25) is 0 Å². The Hall–Kier alpha value is -1.82. The van der Waals surface area contributed by atoms with E-state index in [4.69, 9.17) is 9.47 Å². The van der Waals surface area contributed by atoms with Crippen LogP contribution in [-0.2, 0) is 14.3 Å². The van der Waals surface area contributed by atoms with Crippen LogP contribution in [0.5, 0.6) is 5.88 Å². The summed E-state index contributed by atoms with van der Waals surface area (Å²) in [6.45, 7) is 2.69. The number of carbonyl (C=O) groups excluding carboxylic acids is 1. The van der Waals surface area contributed by atoms with Crippen LogP contribution < -0.4 is 10.1 Å². The predicted octanol–water partition coefficient (Wildman–Crippen LogP) is 1.08. The third kappa shape index (κ3) is 4.58. The number of nitrogens with zero attached hydrogens (tertiary/aromatic N) is 1. The van der Waals surface area contributed by atoms with Crippen LogP contribution in [0.15, 0.2) is 18.3 Å². The molecule has 0 spiro atoms. The van der Waals surface area contributed by atoms with E-state index in [0.717, 1.165) is 5.69 Å². The van der Waals surface area contributed by atoms with E-state index >= 15 is 0 Å². The molecule has 1 aromatic rings. The molecule has 0 saturated carbocycles. The topological polar surface area (TPSA) is 69.7 Å². The SMILES string of the molecule is COCCOc1ccc(NC(C)C(=O)OC)cn1. The maximum atomic E-state index is 11.2. The smallest absolute Gasteiger partial charge is 0.327 e. The predicted molar refractivity (Wildman–Crippen MR) is 66.7 cm³/mol. The average molecular weight is 254 g/mol. The summed E-state index contributed by atoms with van der Waals surface area (Å²) >= 11 is 0. The van der Waals surface area contributed by atoms with Crippen LogP contribution in [-0.4, -0.2) is 44.4 Å². The Morgan fingerprint density at radius 2 is 2.17 bits per heavy atom. The van der Waals surface area contributed by atoms with Gasteiger partial charge in [0.15, 0.2) is 0 Å². The first-order valence-electron chi connectivity index (χ1n) is 5.59. The van der Waals surface area contributed by atoms with Crippen molar-refractivity contribution < 1.29 is 19.0 Å². The number of methoxy groups -OCH3 is 2. The number of pyridine rings is 1. The van der Waals surface area contributed by atoms with Crippen LogP contribution in [0.3, 0.4) is 0 Å². The summed E-state index contributed by atoms with van der Waals surface area (Å²) in [5, 5.41) is 2.97. The van der Waals surface area contributed by atoms with Gasteiger partial charge in [-0.2, -0.15) is 0 Å². The van der Waals surface area contributed by atoms with Crippen LogP contribution in [0.25, 0.3) is 0 Å². The van der Waals surface area contributed by atoms with Gasteiger partial charge in [0, 0.05) is 13.2 Å². The van der Waals surface area contributed by atoms with E-state index in [1.165, 1.54) is 7.11 Å². The number of hydrogen-bond donors (Lipinski definition) is 1. The van der Waals surface area contributed by atoms with Gasteiger partial charge in [-0.05, 0) is 13.0 Å². The highest BCUT2D eigenvalue weighted by Crippen LogP contribution is 2.12. The van der Waals surface area contributed by atoms with Gasteiger partial charge in [0.25, 0.3) is 0 Å². The number of rotatable bonds is 7. The number of ether oxygens (including phenoxy) is 3. The maximum Gasteiger partial charge on any atom is 0.327 e. The molecule has 0 aliphatic rings. The molecular formula is C12H18N2O4. The summed E-state index contributed by atoms with van der Waals surface area (Å²) in [7, 11) is 2.96. The molecule has 1 heterocycles. The van der Waals surface area contributed by atoms with Crippen molar-refractivity contribution >= 4 is 11.7 Å². The van der Waals surface area contributed by atoms with Crippen molar-refractivity contribution in [2.75, 3.05) is 32.8 Å². The van der Waals surface area contributed by atoms with Gasteiger partial charge in [-0.15, -0.1) is 0 Å². The molecule has 1 unspecified atom stereocenters. The zero-order chi connectivity index (χ0) is 13.4. The molecule has 0 aliphatic heterocycles. The van der Waals surface area contributed by atoms with Crippen LogP contribution in [0.2, 0.25) is 0 Å². The largest absolute Gasteiger partial charge is 0.475 e. The number of aromatic nitrogens is 1. The highest BCUT2D eigenvalue weighted by atomic mass is 16.5. The molecule has 1 atom stereocenters. The minimum Gasteiger partial charge on any atom is -0.475 e. The van der Waals surface area contributed by atoms with E-state index in [1.807, 2.05) is 0 Å². The summed E-state index contributed by atoms with van der Waals surface area (Å²) in [6, 6.07) is 3.09. The van der Waals surface area contributed by atoms with E-state index < -0.39 is 6.04 Å². The van der Waals surface area contributed by atoms with Gasteiger partial charge in [-0.25, -0.2) is 9.78 Å². The number of carbonyl (C=O) groups is 1. The first-order chi connectivity index (χ1) is 8.67. The molecule has 0 fully saturated rings. The van der Waals surface area contributed by atoms with Crippen molar-refractivity contribution in [2.24, 2.45) is 0 Å².